The molecule has 2 aliphatic heterocycles. The van der Waals surface area contributed by atoms with Crippen molar-refractivity contribution >= 4 is 17.9 Å². The lowest BCUT2D eigenvalue weighted by molar-refractivity contribution is -0.133. The summed E-state index contributed by atoms with van der Waals surface area (Å²) in [6.45, 7) is 5.95. The highest BCUT2D eigenvalue weighted by atomic mass is 16.2. The molecule has 0 unspecified atom stereocenters. The number of hydrogen-bond acceptors (Lipinski definition) is 4. The molecule has 33 heavy (non-hydrogen) atoms. The number of rotatable bonds is 7. The van der Waals surface area contributed by atoms with Crippen LogP contribution < -0.4 is 0 Å². The fourth-order valence-corrected chi connectivity index (χ4v) is 4.78. The number of carbonyl (C=O) groups excluding carboxylic acids is 2. The third kappa shape index (κ3) is 6.78. The smallest absolute Gasteiger partial charge is 0.246 e. The maximum absolute atomic E-state index is 12.8. The summed E-state index contributed by atoms with van der Waals surface area (Å²) in [5.41, 5.74) is 2.25. The number of nitrogens with zero attached hydrogens (tertiary/aromatic N) is 5. The van der Waals surface area contributed by atoms with Gasteiger partial charge in [0, 0.05) is 77.1 Å². The average molecular weight is 450 g/mol. The van der Waals surface area contributed by atoms with E-state index in [1.807, 2.05) is 35.2 Å². The average Bonchev–Trinajstić information content (AvgIpc) is 3.27. The minimum atomic E-state index is 0.0458. The molecule has 7 heteroatoms. The lowest BCUT2D eigenvalue weighted by atomic mass is 9.93. The molecule has 0 aliphatic carbocycles. The van der Waals surface area contributed by atoms with Gasteiger partial charge in [-0.1, -0.05) is 30.3 Å². The minimum Gasteiger partial charge on any atom is -0.340 e. The highest BCUT2D eigenvalue weighted by Gasteiger charge is 2.25. The van der Waals surface area contributed by atoms with E-state index in [1.54, 1.807) is 17.0 Å². The summed E-state index contributed by atoms with van der Waals surface area (Å²) in [7, 11) is 1.86. The van der Waals surface area contributed by atoms with E-state index in [-0.39, 0.29) is 11.8 Å². The summed E-state index contributed by atoms with van der Waals surface area (Å²) in [4.78, 5) is 31.8. The van der Waals surface area contributed by atoms with Crippen LogP contribution in [0.25, 0.3) is 6.08 Å². The van der Waals surface area contributed by atoms with E-state index in [4.69, 9.17) is 0 Å². The van der Waals surface area contributed by atoms with Crippen molar-refractivity contribution in [2.75, 3.05) is 39.3 Å². The third-order valence-corrected chi connectivity index (χ3v) is 6.71. The first-order valence-electron chi connectivity index (χ1n) is 12.1. The molecular formula is C26H35N5O2. The predicted molar refractivity (Wildman–Crippen MR) is 129 cm³/mol. The Balaban J connectivity index is 1.18. The molecular weight excluding hydrogens is 414 g/mol. The number of likely N-dealkylation sites (tertiary alicyclic amines) is 1. The summed E-state index contributed by atoms with van der Waals surface area (Å²) in [5.74, 6) is 0.705. The van der Waals surface area contributed by atoms with Gasteiger partial charge in [0.25, 0.3) is 0 Å². The Morgan fingerprint density at radius 3 is 2.58 bits per heavy atom. The molecule has 0 N–H and O–H groups in total. The second-order valence-corrected chi connectivity index (χ2v) is 9.25. The molecule has 2 amide bonds. The van der Waals surface area contributed by atoms with Gasteiger partial charge in [0.05, 0.1) is 6.20 Å². The summed E-state index contributed by atoms with van der Waals surface area (Å²) in [6, 6.07) is 10.5. The molecule has 0 spiro atoms. The Hall–Kier alpha value is -2.93. The van der Waals surface area contributed by atoms with Gasteiger partial charge < -0.3 is 9.80 Å². The Kier molecular flexibility index (Phi) is 7.94. The topological polar surface area (TPSA) is 61.7 Å². The van der Waals surface area contributed by atoms with Gasteiger partial charge in [-0.05, 0) is 36.8 Å². The van der Waals surface area contributed by atoms with Crippen LogP contribution >= 0.6 is 0 Å². The summed E-state index contributed by atoms with van der Waals surface area (Å²) in [6.07, 6.45) is 10.6. The molecule has 0 bridgehead atoms. The fraction of sp³-hybridized carbons (Fsp3) is 0.500. The Bertz CT molecular complexity index is 947. The molecule has 7 nitrogen and oxygen atoms in total. The third-order valence-electron chi connectivity index (χ3n) is 6.71. The first-order chi connectivity index (χ1) is 16.1. The van der Waals surface area contributed by atoms with Crippen LogP contribution in [0.4, 0.5) is 0 Å². The Labute approximate surface area is 196 Å². The van der Waals surface area contributed by atoms with Gasteiger partial charge in [0.1, 0.15) is 0 Å². The Morgan fingerprint density at radius 1 is 1.06 bits per heavy atom. The van der Waals surface area contributed by atoms with Gasteiger partial charge in [0.15, 0.2) is 0 Å². The summed E-state index contributed by atoms with van der Waals surface area (Å²) in [5, 5.41) is 4.12. The highest BCUT2D eigenvalue weighted by molar-refractivity contribution is 5.91. The molecule has 1 aromatic heterocycles. The largest absolute Gasteiger partial charge is 0.340 e. The van der Waals surface area contributed by atoms with Crippen molar-refractivity contribution in [1.29, 1.82) is 0 Å². The van der Waals surface area contributed by atoms with Crippen LogP contribution in [0, 0.1) is 5.92 Å². The number of carbonyl (C=O) groups is 2. The van der Waals surface area contributed by atoms with Crippen molar-refractivity contribution in [3.63, 3.8) is 0 Å². The highest BCUT2D eigenvalue weighted by Crippen LogP contribution is 2.22. The minimum absolute atomic E-state index is 0.0458. The van der Waals surface area contributed by atoms with Crippen molar-refractivity contribution < 1.29 is 9.59 Å². The zero-order valence-electron chi connectivity index (χ0n) is 19.6. The van der Waals surface area contributed by atoms with E-state index in [0.717, 1.165) is 70.6 Å². The number of aromatic nitrogens is 2. The molecule has 3 heterocycles. The quantitative estimate of drug-likeness (QED) is 0.610. The van der Waals surface area contributed by atoms with Crippen LogP contribution in [0.2, 0.25) is 0 Å². The molecule has 1 atom stereocenters. The monoisotopic (exact) mass is 449 g/mol. The number of piperazine rings is 1. The fourth-order valence-electron chi connectivity index (χ4n) is 4.78. The maximum atomic E-state index is 12.8. The van der Waals surface area contributed by atoms with Crippen molar-refractivity contribution in [1.82, 2.24) is 24.5 Å². The van der Waals surface area contributed by atoms with Crippen molar-refractivity contribution in [3.8, 4) is 0 Å². The lowest BCUT2D eigenvalue weighted by Gasteiger charge is -2.36. The van der Waals surface area contributed by atoms with E-state index in [1.165, 1.54) is 5.56 Å². The normalized spacial score (nSPS) is 19.8. The number of benzene rings is 1. The molecule has 2 aromatic rings. The van der Waals surface area contributed by atoms with E-state index in [0.29, 0.717) is 12.3 Å². The van der Waals surface area contributed by atoms with Crippen molar-refractivity contribution in [3.05, 3.63) is 59.9 Å². The number of hydrogen-bond donors (Lipinski definition) is 0. The standard InChI is InChI=1S/C26H35N5O2/c1-28-19-24(18-27-28)10-12-26(33)31-13-5-8-23(21-31)9-11-25(32)30-16-14-29(15-17-30)20-22-6-3-2-4-7-22/h2-4,6-7,10,12,18-19,23H,5,8-9,11,13-17,20-21H2,1H3/b12-10+/t23-/m1/s1. The number of piperidine rings is 1. The SMILES string of the molecule is Cn1cc(/C=C/C(=O)N2CCC[C@H](CCC(=O)N3CCN(Cc4ccccc4)CC3)C2)cn1. The van der Waals surface area contributed by atoms with Gasteiger partial charge in [0.2, 0.25) is 11.8 Å². The van der Waals surface area contributed by atoms with Gasteiger partial charge >= 0.3 is 0 Å². The van der Waals surface area contributed by atoms with Crippen LogP contribution in [0.5, 0.6) is 0 Å². The maximum Gasteiger partial charge on any atom is 0.246 e. The van der Waals surface area contributed by atoms with Crippen LogP contribution in [0.15, 0.2) is 48.8 Å². The predicted octanol–water partition coefficient (Wildman–Crippen LogP) is 2.80. The van der Waals surface area contributed by atoms with Gasteiger partial charge in [-0.25, -0.2) is 0 Å². The van der Waals surface area contributed by atoms with Gasteiger partial charge in [-0.3, -0.25) is 19.2 Å². The molecule has 2 fully saturated rings. The Morgan fingerprint density at radius 2 is 1.85 bits per heavy atom. The van der Waals surface area contributed by atoms with Crippen molar-refractivity contribution in [2.45, 2.75) is 32.2 Å². The molecule has 0 radical (unpaired) electrons. The van der Waals surface area contributed by atoms with Gasteiger partial charge in [-0.2, -0.15) is 5.10 Å². The van der Waals surface area contributed by atoms with E-state index >= 15 is 0 Å². The van der Waals surface area contributed by atoms with E-state index in [2.05, 4.69) is 34.3 Å². The lowest BCUT2D eigenvalue weighted by Crippen LogP contribution is -2.48. The van der Waals surface area contributed by atoms with E-state index < -0.39 is 0 Å². The molecule has 4 rings (SSSR count). The number of amides is 2. The van der Waals surface area contributed by atoms with Crippen LogP contribution in [-0.4, -0.2) is 75.6 Å². The van der Waals surface area contributed by atoms with Crippen LogP contribution in [0.1, 0.15) is 36.8 Å². The summed E-state index contributed by atoms with van der Waals surface area (Å²) >= 11 is 0. The first-order valence-corrected chi connectivity index (χ1v) is 12.1. The second-order valence-electron chi connectivity index (χ2n) is 9.25. The van der Waals surface area contributed by atoms with E-state index in [9.17, 15) is 9.59 Å². The molecule has 176 valence electrons. The zero-order valence-corrected chi connectivity index (χ0v) is 19.6. The molecule has 0 saturated carbocycles. The molecule has 1 aromatic carbocycles. The van der Waals surface area contributed by atoms with Gasteiger partial charge in [-0.15, -0.1) is 0 Å². The van der Waals surface area contributed by atoms with Crippen molar-refractivity contribution in [2.24, 2.45) is 13.0 Å². The second kappa shape index (κ2) is 11.3. The number of aryl methyl sites for hydroxylation is 1. The first kappa shape index (κ1) is 23.2. The van der Waals surface area contributed by atoms with Crippen LogP contribution in [0.3, 0.4) is 0 Å². The molecule has 2 aliphatic rings. The molecule has 2 saturated heterocycles. The van der Waals surface area contributed by atoms with Crippen LogP contribution in [-0.2, 0) is 23.2 Å². The zero-order chi connectivity index (χ0) is 23.0. The summed E-state index contributed by atoms with van der Waals surface area (Å²) < 4.78 is 1.72.